The van der Waals surface area contributed by atoms with Gasteiger partial charge in [0.25, 0.3) is 0 Å². The molecule has 0 aliphatic rings. The smallest absolute Gasteiger partial charge is 0.305 e. The topological polar surface area (TPSA) is 35.5 Å². The zero-order valence-electron chi connectivity index (χ0n) is 11.0. The van der Waals surface area contributed by atoms with Gasteiger partial charge >= 0.3 is 7.60 Å². The summed E-state index contributed by atoms with van der Waals surface area (Å²) in [6.45, 7) is 8.60. The molecule has 0 heterocycles. The van der Waals surface area contributed by atoms with Crippen LogP contribution in [0.25, 0.3) is 0 Å². The number of hydrogen-bond acceptors (Lipinski definition) is 3. The largest absolute Gasteiger partial charge is 0.361 e. The van der Waals surface area contributed by atoms with Crippen molar-refractivity contribution in [1.82, 2.24) is 0 Å². The van der Waals surface area contributed by atoms with E-state index >= 15 is 0 Å². The molecular formula is C13H21O3P. The lowest BCUT2D eigenvalue weighted by Gasteiger charge is -2.18. The van der Waals surface area contributed by atoms with E-state index in [0.29, 0.717) is 24.4 Å². The second-order valence-electron chi connectivity index (χ2n) is 4.08. The molecule has 17 heavy (non-hydrogen) atoms. The Morgan fingerprint density at radius 1 is 1.18 bits per heavy atom. The predicted molar refractivity (Wildman–Crippen MR) is 71.0 cm³/mol. The van der Waals surface area contributed by atoms with Crippen LogP contribution in [0, 0.1) is 0 Å². The molecule has 0 saturated heterocycles. The van der Waals surface area contributed by atoms with Crippen LogP contribution >= 0.6 is 7.60 Å². The first-order valence-electron chi connectivity index (χ1n) is 6.03. The van der Waals surface area contributed by atoms with Crippen molar-refractivity contribution in [2.45, 2.75) is 33.6 Å². The summed E-state index contributed by atoms with van der Waals surface area (Å²) in [5.41, 5.74) is 1.14. The van der Waals surface area contributed by atoms with Gasteiger partial charge in [0.15, 0.2) is 0 Å². The van der Waals surface area contributed by atoms with Crippen LogP contribution in [0.2, 0.25) is 0 Å². The molecule has 0 fully saturated rings. The molecule has 96 valence electrons. The summed E-state index contributed by atoms with van der Waals surface area (Å²) in [7, 11) is -3.14. The highest BCUT2D eigenvalue weighted by atomic mass is 31.2. The monoisotopic (exact) mass is 256 g/mol. The van der Waals surface area contributed by atoms with E-state index in [1.807, 2.05) is 32.0 Å². The maximum absolute atomic E-state index is 12.5. The highest BCUT2D eigenvalue weighted by Gasteiger charge is 2.26. The molecule has 0 N–H and O–H groups in total. The highest BCUT2D eigenvalue weighted by molar-refractivity contribution is 7.62. The first-order valence-corrected chi connectivity index (χ1v) is 7.57. The second kappa shape index (κ2) is 6.34. The molecule has 0 saturated carbocycles. The molecule has 1 rings (SSSR count). The first-order chi connectivity index (χ1) is 8.03. The van der Waals surface area contributed by atoms with Crippen LogP contribution in [-0.2, 0) is 13.6 Å². The van der Waals surface area contributed by atoms with Crippen LogP contribution in [0.15, 0.2) is 24.3 Å². The van der Waals surface area contributed by atoms with Gasteiger partial charge in [-0.25, -0.2) is 0 Å². The molecule has 0 aliphatic carbocycles. The van der Waals surface area contributed by atoms with Crippen molar-refractivity contribution in [3.63, 3.8) is 0 Å². The Morgan fingerprint density at radius 2 is 1.76 bits per heavy atom. The number of rotatable bonds is 6. The van der Waals surface area contributed by atoms with Gasteiger partial charge in [-0.3, -0.25) is 4.57 Å². The van der Waals surface area contributed by atoms with Crippen LogP contribution in [0.1, 0.15) is 39.2 Å². The van der Waals surface area contributed by atoms with Gasteiger partial charge in [-0.1, -0.05) is 26.0 Å². The molecule has 1 aromatic rings. The number of benzene rings is 1. The molecular weight excluding hydrogens is 235 g/mol. The zero-order chi connectivity index (χ0) is 12.9. The fourth-order valence-corrected chi connectivity index (χ4v) is 3.21. The Bertz CT molecular complexity index is 391. The molecule has 0 atom stereocenters. The Balaban J connectivity index is 3.10. The molecule has 4 heteroatoms. The Kier molecular flexibility index (Phi) is 5.38. The molecule has 3 nitrogen and oxygen atoms in total. The normalized spacial score (nSPS) is 12.1. The zero-order valence-corrected chi connectivity index (χ0v) is 11.9. The van der Waals surface area contributed by atoms with E-state index in [1.165, 1.54) is 0 Å². The molecule has 0 amide bonds. The van der Waals surface area contributed by atoms with Crippen LogP contribution in [0.3, 0.4) is 0 Å². The van der Waals surface area contributed by atoms with Gasteiger partial charge in [0.05, 0.1) is 18.5 Å². The van der Waals surface area contributed by atoms with Crippen molar-refractivity contribution in [3.8, 4) is 0 Å². The minimum atomic E-state index is -3.14. The predicted octanol–water partition coefficient (Wildman–Crippen LogP) is 3.70. The van der Waals surface area contributed by atoms with Gasteiger partial charge < -0.3 is 9.05 Å². The van der Waals surface area contributed by atoms with E-state index < -0.39 is 7.60 Å². The SMILES string of the molecule is CCOP(=O)(OCC)c1cccc(C(C)C)c1. The molecule has 0 aromatic heterocycles. The summed E-state index contributed by atoms with van der Waals surface area (Å²) in [5.74, 6) is 0.395. The standard InChI is InChI=1S/C13H21O3P/c1-5-15-17(14,16-6-2)13-9-7-8-12(10-13)11(3)4/h7-11H,5-6H2,1-4H3. The molecule has 0 unspecified atom stereocenters. The van der Waals surface area contributed by atoms with E-state index in [4.69, 9.17) is 9.05 Å². The maximum Gasteiger partial charge on any atom is 0.361 e. The summed E-state index contributed by atoms with van der Waals surface area (Å²) in [6.07, 6.45) is 0. The van der Waals surface area contributed by atoms with E-state index in [2.05, 4.69) is 13.8 Å². The third kappa shape index (κ3) is 3.67. The van der Waals surface area contributed by atoms with Crippen LogP contribution in [0.5, 0.6) is 0 Å². The fourth-order valence-electron chi connectivity index (χ4n) is 1.58. The van der Waals surface area contributed by atoms with Gasteiger partial charge in [-0.05, 0) is 37.5 Å². The van der Waals surface area contributed by atoms with Gasteiger partial charge in [0.2, 0.25) is 0 Å². The van der Waals surface area contributed by atoms with E-state index in [0.717, 1.165) is 5.56 Å². The molecule has 0 bridgehead atoms. The Morgan fingerprint density at radius 3 is 2.24 bits per heavy atom. The van der Waals surface area contributed by atoms with Gasteiger partial charge in [0.1, 0.15) is 0 Å². The summed E-state index contributed by atoms with van der Waals surface area (Å²) < 4.78 is 23.2. The summed E-state index contributed by atoms with van der Waals surface area (Å²) >= 11 is 0. The fraction of sp³-hybridized carbons (Fsp3) is 0.538. The Hall–Kier alpha value is -0.630. The summed E-state index contributed by atoms with van der Waals surface area (Å²) in [6, 6.07) is 7.64. The minimum Gasteiger partial charge on any atom is -0.305 e. The van der Waals surface area contributed by atoms with Crippen molar-refractivity contribution in [1.29, 1.82) is 0 Å². The van der Waals surface area contributed by atoms with Crippen LogP contribution in [0.4, 0.5) is 0 Å². The lowest BCUT2D eigenvalue weighted by molar-refractivity contribution is 0.230. The molecule has 1 aromatic carbocycles. The van der Waals surface area contributed by atoms with E-state index in [1.54, 1.807) is 6.07 Å². The minimum absolute atomic E-state index is 0.378. The van der Waals surface area contributed by atoms with Gasteiger partial charge in [-0.2, -0.15) is 0 Å². The molecule has 0 spiro atoms. The average Bonchev–Trinajstić information content (AvgIpc) is 2.30. The lowest BCUT2D eigenvalue weighted by atomic mass is 10.0. The van der Waals surface area contributed by atoms with Crippen LogP contribution < -0.4 is 5.30 Å². The summed E-state index contributed by atoms with van der Waals surface area (Å²) in [4.78, 5) is 0. The quantitative estimate of drug-likeness (QED) is 0.728. The third-order valence-corrected chi connectivity index (χ3v) is 4.56. The first kappa shape index (κ1) is 14.4. The van der Waals surface area contributed by atoms with Crippen molar-refractivity contribution < 1.29 is 13.6 Å². The van der Waals surface area contributed by atoms with Crippen molar-refractivity contribution in [3.05, 3.63) is 29.8 Å². The van der Waals surface area contributed by atoms with Crippen LogP contribution in [-0.4, -0.2) is 13.2 Å². The molecule has 0 radical (unpaired) electrons. The van der Waals surface area contributed by atoms with Crippen molar-refractivity contribution in [2.24, 2.45) is 0 Å². The maximum atomic E-state index is 12.5. The van der Waals surface area contributed by atoms with Crippen molar-refractivity contribution >= 4 is 12.9 Å². The van der Waals surface area contributed by atoms with E-state index in [-0.39, 0.29) is 0 Å². The summed E-state index contributed by atoms with van der Waals surface area (Å²) in [5, 5.41) is 0.646. The lowest BCUT2D eigenvalue weighted by Crippen LogP contribution is -2.11. The van der Waals surface area contributed by atoms with E-state index in [9.17, 15) is 4.57 Å². The highest BCUT2D eigenvalue weighted by Crippen LogP contribution is 2.46. The number of hydrogen-bond donors (Lipinski definition) is 0. The van der Waals surface area contributed by atoms with Crippen molar-refractivity contribution in [2.75, 3.05) is 13.2 Å². The Labute approximate surface area is 104 Å². The van der Waals surface area contributed by atoms with Gasteiger partial charge in [0, 0.05) is 0 Å². The third-order valence-electron chi connectivity index (χ3n) is 2.45. The van der Waals surface area contributed by atoms with Gasteiger partial charge in [-0.15, -0.1) is 0 Å². The average molecular weight is 256 g/mol. The molecule has 0 aliphatic heterocycles. The second-order valence-corrected chi connectivity index (χ2v) is 6.11.